The van der Waals surface area contributed by atoms with Gasteiger partial charge in [-0.2, -0.15) is 0 Å². The topological polar surface area (TPSA) is 93.9 Å². The largest absolute Gasteiger partial charge is 0.496 e. The van der Waals surface area contributed by atoms with Crippen molar-refractivity contribution in [1.29, 1.82) is 0 Å². The van der Waals surface area contributed by atoms with Crippen LogP contribution in [-0.2, 0) is 11.3 Å². The number of hydrogen-bond acceptors (Lipinski definition) is 6. The Hall–Kier alpha value is -3.53. The van der Waals surface area contributed by atoms with Crippen molar-refractivity contribution in [3.8, 4) is 5.75 Å². The number of piperidine rings is 1. The quantitative estimate of drug-likeness (QED) is 0.456. The number of methoxy groups -OCH3 is 2. The number of aromatic nitrogens is 2. The van der Waals surface area contributed by atoms with E-state index in [1.807, 2.05) is 13.0 Å². The van der Waals surface area contributed by atoms with Gasteiger partial charge in [0.1, 0.15) is 11.4 Å². The molecule has 2 fully saturated rings. The van der Waals surface area contributed by atoms with Crippen LogP contribution in [0.1, 0.15) is 58.9 Å². The summed E-state index contributed by atoms with van der Waals surface area (Å²) >= 11 is 0. The third-order valence-electron chi connectivity index (χ3n) is 7.85. The lowest BCUT2D eigenvalue weighted by Gasteiger charge is -2.54. The number of pyridine rings is 1. The monoisotopic (exact) mass is 513 g/mol. The lowest BCUT2D eigenvalue weighted by atomic mass is 9.59. The number of carbonyl (C=O) groups is 2. The van der Waals surface area contributed by atoms with Crippen LogP contribution in [0.2, 0.25) is 0 Å². The van der Waals surface area contributed by atoms with E-state index < -0.39 is 23.4 Å². The standard InChI is InChI=1S/C27H29F2N3O5/c1-16-10-22(36-2)19(18-6-8-32(23(16)18)25(34)35)13-31-9-7-26(14-27(28,29)15-26)11-21(31)17-4-5-20(30-12-17)24(33)37-3/h4-6,8,10,12,21H,7,9,11,13-15H2,1-3H3,(H,34,35)/t21-/m1/s1. The van der Waals surface area contributed by atoms with Crippen LogP contribution < -0.4 is 4.74 Å². The zero-order valence-corrected chi connectivity index (χ0v) is 21.0. The van der Waals surface area contributed by atoms with Gasteiger partial charge >= 0.3 is 12.1 Å². The Balaban J connectivity index is 1.53. The molecule has 3 aromatic rings. The van der Waals surface area contributed by atoms with Crippen LogP contribution in [0.25, 0.3) is 10.9 Å². The van der Waals surface area contributed by atoms with Crippen molar-refractivity contribution in [3.05, 3.63) is 59.0 Å². The van der Waals surface area contributed by atoms with Gasteiger partial charge in [0.25, 0.3) is 0 Å². The highest BCUT2D eigenvalue weighted by molar-refractivity contribution is 5.94. The molecule has 1 aliphatic heterocycles. The molecule has 8 nitrogen and oxygen atoms in total. The van der Waals surface area contributed by atoms with Crippen molar-refractivity contribution in [2.24, 2.45) is 5.41 Å². The van der Waals surface area contributed by atoms with Gasteiger partial charge in [0.2, 0.25) is 5.92 Å². The number of benzene rings is 1. The van der Waals surface area contributed by atoms with Gasteiger partial charge in [-0.25, -0.2) is 23.4 Å². The minimum atomic E-state index is -2.63. The Bertz CT molecular complexity index is 1360. The summed E-state index contributed by atoms with van der Waals surface area (Å²) in [6.07, 6.45) is 2.99. The van der Waals surface area contributed by atoms with Gasteiger partial charge in [0, 0.05) is 48.8 Å². The summed E-state index contributed by atoms with van der Waals surface area (Å²) in [6, 6.07) is 6.78. The SMILES string of the molecule is COC(=O)c1ccc([C@H]2CC3(CCN2Cc2c(OC)cc(C)c4c2ccn4C(=O)O)CC(F)(F)C3)cn1. The van der Waals surface area contributed by atoms with Crippen molar-refractivity contribution in [3.63, 3.8) is 0 Å². The molecular weight excluding hydrogens is 484 g/mol. The average Bonchev–Trinajstić information content (AvgIpc) is 3.31. The van der Waals surface area contributed by atoms with Crippen molar-refractivity contribution >= 4 is 23.0 Å². The fourth-order valence-corrected chi connectivity index (χ4v) is 6.16. The molecule has 0 amide bonds. The molecule has 10 heteroatoms. The summed E-state index contributed by atoms with van der Waals surface area (Å²) in [7, 11) is 2.86. The third kappa shape index (κ3) is 4.43. The molecule has 5 rings (SSSR count). The summed E-state index contributed by atoms with van der Waals surface area (Å²) in [5.41, 5.74) is 2.77. The van der Waals surface area contributed by atoms with Crippen molar-refractivity contribution in [2.45, 2.75) is 51.1 Å². The maximum absolute atomic E-state index is 14.0. The van der Waals surface area contributed by atoms with Crippen LogP contribution >= 0.6 is 0 Å². The van der Waals surface area contributed by atoms with E-state index in [9.17, 15) is 23.5 Å². The Labute approximate surface area is 212 Å². The first-order valence-electron chi connectivity index (χ1n) is 12.1. The number of hydrogen-bond donors (Lipinski definition) is 1. The van der Waals surface area contributed by atoms with Gasteiger partial charge in [0.15, 0.2) is 0 Å². The van der Waals surface area contributed by atoms with E-state index in [0.29, 0.717) is 37.2 Å². The van der Waals surface area contributed by atoms with E-state index >= 15 is 0 Å². The van der Waals surface area contributed by atoms with Crippen molar-refractivity contribution < 1.29 is 33.0 Å². The fraction of sp³-hybridized carbons (Fsp3) is 0.444. The van der Waals surface area contributed by atoms with Crippen LogP contribution in [0.5, 0.6) is 5.75 Å². The highest BCUT2D eigenvalue weighted by atomic mass is 19.3. The molecule has 1 aromatic carbocycles. The van der Waals surface area contributed by atoms with Gasteiger partial charge in [0.05, 0.1) is 19.7 Å². The Kier molecular flexibility index (Phi) is 6.18. The molecular formula is C27H29F2N3O5. The molecule has 2 aliphatic rings. The van der Waals surface area contributed by atoms with Crippen LogP contribution in [0.15, 0.2) is 36.7 Å². The highest BCUT2D eigenvalue weighted by Gasteiger charge is 2.58. The second-order valence-electron chi connectivity index (χ2n) is 10.2. The molecule has 0 unspecified atom stereocenters. The molecule has 2 aromatic heterocycles. The van der Waals surface area contributed by atoms with Gasteiger partial charge in [-0.3, -0.25) is 9.47 Å². The fourth-order valence-electron chi connectivity index (χ4n) is 6.16. The van der Waals surface area contributed by atoms with Crippen molar-refractivity contribution in [2.75, 3.05) is 20.8 Å². The maximum atomic E-state index is 14.0. The summed E-state index contributed by atoms with van der Waals surface area (Å²) < 4.78 is 39.6. The first-order chi connectivity index (χ1) is 17.6. The second kappa shape index (κ2) is 9.09. The normalized spacial score (nSPS) is 20.5. The smallest absolute Gasteiger partial charge is 0.416 e. The number of alkyl halides is 2. The number of rotatable bonds is 5. The van der Waals surface area contributed by atoms with Crippen LogP contribution in [-0.4, -0.2) is 58.3 Å². The van der Waals surface area contributed by atoms with Gasteiger partial charge in [-0.1, -0.05) is 6.07 Å². The lowest BCUT2D eigenvalue weighted by molar-refractivity contribution is -0.186. The molecule has 1 N–H and O–H groups in total. The summed E-state index contributed by atoms with van der Waals surface area (Å²) in [5.74, 6) is -2.54. The van der Waals surface area contributed by atoms with E-state index in [4.69, 9.17) is 9.47 Å². The number of esters is 1. The van der Waals surface area contributed by atoms with Gasteiger partial charge in [-0.15, -0.1) is 0 Å². The first kappa shape index (κ1) is 25.1. The average molecular weight is 514 g/mol. The number of carboxylic acid groups (broad SMARTS) is 1. The maximum Gasteiger partial charge on any atom is 0.416 e. The summed E-state index contributed by atoms with van der Waals surface area (Å²) in [6.45, 7) is 2.85. The number of ether oxygens (including phenoxy) is 2. The number of aryl methyl sites for hydroxylation is 1. The number of nitrogens with zero attached hydrogens (tertiary/aromatic N) is 3. The number of halogens is 2. The van der Waals surface area contributed by atoms with E-state index in [1.165, 1.54) is 17.9 Å². The van der Waals surface area contributed by atoms with E-state index in [1.54, 1.807) is 31.5 Å². The lowest BCUT2D eigenvalue weighted by Crippen LogP contribution is -2.53. The van der Waals surface area contributed by atoms with E-state index in [0.717, 1.165) is 22.1 Å². The predicted molar refractivity (Wildman–Crippen MR) is 131 cm³/mol. The molecule has 1 saturated heterocycles. The molecule has 1 spiro atoms. The molecule has 37 heavy (non-hydrogen) atoms. The third-order valence-corrected chi connectivity index (χ3v) is 7.85. The van der Waals surface area contributed by atoms with Crippen LogP contribution in [0.3, 0.4) is 0 Å². The van der Waals surface area contributed by atoms with Crippen LogP contribution in [0.4, 0.5) is 13.6 Å². The molecule has 0 radical (unpaired) electrons. The molecule has 1 saturated carbocycles. The second-order valence-corrected chi connectivity index (χ2v) is 10.2. The number of carbonyl (C=O) groups excluding carboxylic acids is 1. The summed E-state index contributed by atoms with van der Waals surface area (Å²) in [4.78, 5) is 30.1. The van der Waals surface area contributed by atoms with Crippen molar-refractivity contribution in [1.82, 2.24) is 14.5 Å². The van der Waals surface area contributed by atoms with Gasteiger partial charge in [-0.05, 0) is 61.1 Å². The minimum absolute atomic E-state index is 0.127. The van der Waals surface area contributed by atoms with E-state index in [2.05, 4.69) is 9.88 Å². The number of likely N-dealkylation sites (tertiary alicyclic amines) is 1. The van der Waals surface area contributed by atoms with Gasteiger partial charge < -0.3 is 14.6 Å². The molecule has 196 valence electrons. The van der Waals surface area contributed by atoms with Crippen LogP contribution in [0, 0.1) is 12.3 Å². The Morgan fingerprint density at radius 1 is 1.22 bits per heavy atom. The highest BCUT2D eigenvalue weighted by Crippen LogP contribution is 2.60. The number of fused-ring (bicyclic) bond motifs is 1. The summed E-state index contributed by atoms with van der Waals surface area (Å²) in [5, 5.41) is 10.4. The zero-order chi connectivity index (χ0) is 26.5. The first-order valence-corrected chi connectivity index (χ1v) is 12.1. The Morgan fingerprint density at radius 2 is 1.97 bits per heavy atom. The zero-order valence-electron chi connectivity index (χ0n) is 21.0. The Morgan fingerprint density at radius 3 is 2.57 bits per heavy atom. The molecule has 1 atom stereocenters. The minimum Gasteiger partial charge on any atom is -0.496 e. The molecule has 3 heterocycles. The molecule has 1 aliphatic carbocycles. The predicted octanol–water partition coefficient (Wildman–Crippen LogP) is 5.42. The molecule has 0 bridgehead atoms. The van der Waals surface area contributed by atoms with E-state index in [-0.39, 0.29) is 24.6 Å².